The van der Waals surface area contributed by atoms with Crippen molar-refractivity contribution in [3.05, 3.63) is 89.1 Å². The Bertz CT molecular complexity index is 1070. The summed E-state index contributed by atoms with van der Waals surface area (Å²) in [6.45, 7) is 6.09. The van der Waals surface area contributed by atoms with Crippen LogP contribution >= 0.6 is 0 Å². The van der Waals surface area contributed by atoms with Gasteiger partial charge in [0.25, 0.3) is 17.7 Å². The van der Waals surface area contributed by atoms with Gasteiger partial charge in [-0.3, -0.25) is 29.3 Å². The summed E-state index contributed by atoms with van der Waals surface area (Å²) in [7, 11) is 18.1. The van der Waals surface area contributed by atoms with Crippen LogP contribution in [0.4, 0.5) is 0 Å². The molecule has 284 valence electrons. The molecule has 3 fully saturated rings. The molecule has 3 aliphatic heterocycles. The topological polar surface area (TPSA) is 209 Å². The molecule has 0 radical (unpaired) electrons. The number of rotatable bonds is 7. The Morgan fingerprint density at radius 3 is 1.40 bits per heavy atom. The van der Waals surface area contributed by atoms with Gasteiger partial charge < -0.3 is 42.5 Å². The lowest BCUT2D eigenvalue weighted by Crippen LogP contribution is -2.86. The Hall–Kier alpha value is -3.56. The number of quaternary nitrogens is 5. The number of nitrogens with zero attached hydrogens (tertiary/aromatic N) is 3. The predicted octanol–water partition coefficient (Wildman–Crippen LogP) is -2.76. The first kappa shape index (κ1) is 46.4. The van der Waals surface area contributed by atoms with Crippen LogP contribution in [-0.4, -0.2) is 70.4 Å². The number of aryl methyl sites for hydroxylation is 1. The van der Waals surface area contributed by atoms with E-state index in [1.54, 1.807) is 34.5 Å². The summed E-state index contributed by atoms with van der Waals surface area (Å²) in [6, 6.07) is 6.05. The molecule has 1 unspecified atom stereocenters. The van der Waals surface area contributed by atoms with Crippen LogP contribution in [0.15, 0.2) is 36.8 Å². The van der Waals surface area contributed by atoms with Crippen LogP contribution in [0.1, 0.15) is 82.3 Å². The third-order valence-electron chi connectivity index (χ3n) is 7.85. The fourth-order valence-corrected chi connectivity index (χ4v) is 4.90. The zero-order valence-corrected chi connectivity index (χ0v) is 29.6. The highest BCUT2D eigenvalue weighted by molar-refractivity contribution is 5.81. The van der Waals surface area contributed by atoms with Crippen LogP contribution in [0.25, 0.3) is 0 Å². The third-order valence-corrected chi connectivity index (χ3v) is 7.85. The Balaban J connectivity index is 0.000000598. The molecule has 3 aliphatic rings. The Morgan fingerprint density at radius 2 is 1.06 bits per heavy atom. The lowest BCUT2D eigenvalue weighted by molar-refractivity contribution is -0.620. The lowest BCUT2D eigenvalue weighted by atomic mass is 10.1. The van der Waals surface area contributed by atoms with E-state index in [0.29, 0.717) is 0 Å². The van der Waals surface area contributed by atoms with Gasteiger partial charge in [-0.2, -0.15) is 35.2 Å². The van der Waals surface area contributed by atoms with E-state index in [1.165, 1.54) is 0 Å². The molecule has 3 amide bonds. The quantitative estimate of drug-likeness (QED) is 0.143. The molecule has 14 heteroatoms. The average Bonchev–Trinajstić information content (AvgIpc) is 3.57. The van der Waals surface area contributed by atoms with Crippen molar-refractivity contribution in [2.24, 2.45) is 0 Å². The molecule has 3 atom stereocenters. The molecular formula is C36H67N11O3. The van der Waals surface area contributed by atoms with Gasteiger partial charge in [0.1, 0.15) is 23.8 Å². The molecule has 13 N–H and O–H groups in total. The number of hydrogen-bond acceptors (Lipinski definition) is 6. The average molecular weight is 702 g/mol. The number of nitrogens with one attached hydrogen (secondary N) is 3. The number of aromatic nitrogens is 3. The minimum Gasteiger partial charge on any atom is -0.474 e. The fourth-order valence-electron chi connectivity index (χ4n) is 4.90. The maximum Gasteiger partial charge on any atom is 0.275 e. The highest BCUT2D eigenvalue weighted by Crippen LogP contribution is 2.03. The molecule has 2 aromatic heterocycles. The highest BCUT2D eigenvalue weighted by Gasteiger charge is 2.20. The molecule has 5 rings (SSSR count). The molecule has 0 bridgehead atoms. The Morgan fingerprint density at radius 1 is 0.620 bits per heavy atom. The van der Waals surface area contributed by atoms with Crippen molar-refractivity contribution in [3.63, 3.8) is 0 Å². The molecule has 14 nitrogen and oxygen atoms in total. The maximum atomic E-state index is 11.1. The van der Waals surface area contributed by atoms with Crippen molar-refractivity contribution in [1.82, 2.24) is 30.9 Å². The summed E-state index contributed by atoms with van der Waals surface area (Å²) in [5.41, 5.74) is 3.00. The van der Waals surface area contributed by atoms with Gasteiger partial charge in [-0.1, -0.05) is 13.5 Å². The van der Waals surface area contributed by atoms with Crippen LogP contribution < -0.4 is 42.5 Å². The van der Waals surface area contributed by atoms with Crippen LogP contribution in [0.3, 0.4) is 0 Å². The number of amides is 3. The second-order valence-electron chi connectivity index (χ2n) is 11.8. The van der Waals surface area contributed by atoms with Gasteiger partial charge in [0, 0.05) is 51.3 Å². The second kappa shape index (κ2) is 30.3. The van der Waals surface area contributed by atoms with Gasteiger partial charge in [0.05, 0.1) is 30.7 Å². The second-order valence-corrected chi connectivity index (χ2v) is 11.8. The first-order valence-corrected chi connectivity index (χ1v) is 17.4. The fraction of sp³-hybridized carbons (Fsp3) is 0.528. The Labute approximate surface area is 301 Å². The minimum atomic E-state index is 0. The molecule has 2 aromatic rings. The normalized spacial score (nSPS) is 20.0. The van der Waals surface area contributed by atoms with Gasteiger partial charge in [-0.05, 0) is 57.6 Å². The van der Waals surface area contributed by atoms with Crippen molar-refractivity contribution in [2.45, 2.75) is 103 Å². The summed E-state index contributed by atoms with van der Waals surface area (Å²) in [5.74, 6) is 0.438. The van der Waals surface area contributed by atoms with E-state index in [0.717, 1.165) is 108 Å². The number of carbonyl (C=O) groups is 3. The van der Waals surface area contributed by atoms with E-state index in [-0.39, 0.29) is 43.3 Å². The lowest BCUT2D eigenvalue weighted by Gasteiger charge is -2.11. The van der Waals surface area contributed by atoms with Crippen LogP contribution in [-0.2, 0) is 27.5 Å². The van der Waals surface area contributed by atoms with Crippen molar-refractivity contribution in [3.8, 4) is 0 Å². The highest BCUT2D eigenvalue weighted by atomic mass is 16.2. The van der Waals surface area contributed by atoms with Crippen LogP contribution in [0.5, 0.6) is 0 Å². The zero-order valence-electron chi connectivity index (χ0n) is 29.6. The van der Waals surface area contributed by atoms with E-state index >= 15 is 0 Å². The van der Waals surface area contributed by atoms with Gasteiger partial charge in [-0.25, -0.2) is 0 Å². The summed E-state index contributed by atoms with van der Waals surface area (Å²) in [6.07, 6.45) is 15.0. The summed E-state index contributed by atoms with van der Waals surface area (Å²) >= 11 is 0. The first-order chi connectivity index (χ1) is 23.8. The summed E-state index contributed by atoms with van der Waals surface area (Å²) in [5, 5.41) is 17.4. The van der Waals surface area contributed by atoms with Crippen molar-refractivity contribution < 1.29 is 41.0 Å². The molecule has 0 aromatic carbocycles. The predicted molar refractivity (Wildman–Crippen MR) is 194 cm³/mol. The van der Waals surface area contributed by atoms with Crippen molar-refractivity contribution >= 4 is 17.7 Å². The van der Waals surface area contributed by atoms with E-state index in [9.17, 15) is 14.4 Å². The molecule has 5 heterocycles. The molecule has 0 saturated carbocycles. The standard InChI is InChI=1S/C7H11N3.3C7H14N2O.C7H10N2.CH4/c1-6-3-10-7(4-8-2)5-9-6;3*1-8-6-4-2-3-5-9-7(6)10;1-8-6-7-4-2-3-5-9-7;/h3,5H,2,4,8H2,1H3;3*6H,1-5,8H2,(H,9,10);2-5H,1,6,8H2;1H4/t;2*6-;;;/m.10.../s1. The first-order valence-electron chi connectivity index (χ1n) is 17.4. The number of nitrogens with two attached hydrogens (primary N) is 5. The van der Waals surface area contributed by atoms with Gasteiger partial charge in [-0.15, -0.1) is 0 Å². The van der Waals surface area contributed by atoms with Crippen LogP contribution in [0, 0.1) is 42.2 Å². The molecular weight excluding hydrogens is 634 g/mol. The van der Waals surface area contributed by atoms with Crippen molar-refractivity contribution in [2.75, 3.05) is 19.6 Å². The largest absolute Gasteiger partial charge is 0.474 e. The number of hydrogen-bond donors (Lipinski definition) is 8. The van der Waals surface area contributed by atoms with E-state index in [4.69, 9.17) is 0 Å². The third kappa shape index (κ3) is 21.5. The minimum absolute atomic E-state index is 0. The SMILES string of the molecule is C.[CH2-][NH2+]C1CCCCNC1=O.[CH2-][NH2+]Cc1ccccn1.[CH2-][NH2+]Cc1cnc(C)cn1.[CH2-][NH2+][C@@H]1CCCCNC1=O.[CH2-][NH2+][C@H]1CCCCNC1=O. The smallest absolute Gasteiger partial charge is 0.275 e. The summed E-state index contributed by atoms with van der Waals surface area (Å²) in [4.78, 5) is 45.5. The monoisotopic (exact) mass is 702 g/mol. The number of pyridine rings is 1. The van der Waals surface area contributed by atoms with Gasteiger partial charge in [0.15, 0.2) is 0 Å². The zero-order chi connectivity index (χ0) is 36.1. The molecule has 3 saturated heterocycles. The van der Waals surface area contributed by atoms with E-state index in [1.807, 2.05) is 35.8 Å². The molecule has 0 spiro atoms. The van der Waals surface area contributed by atoms with Crippen LogP contribution in [0.2, 0.25) is 0 Å². The number of carbonyl (C=O) groups excluding carboxylic acids is 3. The van der Waals surface area contributed by atoms with Gasteiger partial charge >= 0.3 is 0 Å². The van der Waals surface area contributed by atoms with E-state index < -0.39 is 0 Å². The Kier molecular flexibility index (Phi) is 28.1. The van der Waals surface area contributed by atoms with E-state index in [2.05, 4.69) is 66.1 Å². The molecule has 50 heavy (non-hydrogen) atoms. The van der Waals surface area contributed by atoms with Gasteiger partial charge in [0.2, 0.25) is 0 Å². The van der Waals surface area contributed by atoms with Crippen molar-refractivity contribution in [1.29, 1.82) is 0 Å². The maximum absolute atomic E-state index is 11.1. The summed E-state index contributed by atoms with van der Waals surface area (Å²) < 4.78 is 0. The molecule has 0 aliphatic carbocycles.